The van der Waals surface area contributed by atoms with Gasteiger partial charge in [-0.1, -0.05) is 6.07 Å². The van der Waals surface area contributed by atoms with E-state index in [-0.39, 0.29) is 5.56 Å². The molecule has 0 unspecified atom stereocenters. The van der Waals surface area contributed by atoms with E-state index in [1.807, 2.05) is 17.5 Å². The van der Waals surface area contributed by atoms with Crippen LogP contribution in [0.5, 0.6) is 0 Å². The van der Waals surface area contributed by atoms with Crippen LogP contribution in [-0.2, 0) is 0 Å². The lowest BCUT2D eigenvalue weighted by Crippen LogP contribution is -1.97. The van der Waals surface area contributed by atoms with Crippen LogP contribution < -0.4 is 5.32 Å². The number of anilines is 2. The smallest absolute Gasteiger partial charge is 0.335 e. The maximum Gasteiger partial charge on any atom is 0.335 e. The minimum atomic E-state index is -0.950. The average molecular weight is 297 g/mol. The van der Waals surface area contributed by atoms with E-state index in [1.54, 1.807) is 36.7 Å². The number of carboxylic acid groups (broad SMARTS) is 1. The predicted molar refractivity (Wildman–Crippen MR) is 82.0 cm³/mol. The van der Waals surface area contributed by atoms with Gasteiger partial charge in [0.2, 0.25) is 0 Å². The van der Waals surface area contributed by atoms with Crippen molar-refractivity contribution >= 4 is 28.1 Å². The van der Waals surface area contributed by atoms with Crippen molar-refractivity contribution in [2.45, 2.75) is 0 Å². The Bertz CT molecular complexity index is 771. The van der Waals surface area contributed by atoms with E-state index in [4.69, 9.17) is 5.11 Å². The lowest BCUT2D eigenvalue weighted by molar-refractivity contribution is 0.0697. The van der Waals surface area contributed by atoms with Gasteiger partial charge in [-0.3, -0.25) is 4.98 Å². The average Bonchev–Trinajstić information content (AvgIpc) is 2.97. The van der Waals surface area contributed by atoms with Crippen molar-refractivity contribution in [1.82, 2.24) is 9.97 Å². The molecule has 0 bridgehead atoms. The Morgan fingerprint density at radius 3 is 2.90 bits per heavy atom. The largest absolute Gasteiger partial charge is 0.478 e. The molecule has 6 heteroatoms. The molecule has 0 aliphatic rings. The molecule has 0 radical (unpaired) electrons. The van der Waals surface area contributed by atoms with Gasteiger partial charge in [-0.2, -0.15) is 0 Å². The maximum atomic E-state index is 10.9. The quantitative estimate of drug-likeness (QED) is 0.769. The summed E-state index contributed by atoms with van der Waals surface area (Å²) in [6.45, 7) is 0. The summed E-state index contributed by atoms with van der Waals surface area (Å²) in [6, 6.07) is 10.4. The number of thiazole rings is 1. The molecular formula is C15H11N3O2S. The van der Waals surface area contributed by atoms with E-state index >= 15 is 0 Å². The number of carboxylic acids is 1. The lowest BCUT2D eigenvalue weighted by Gasteiger charge is -2.03. The number of rotatable bonds is 4. The van der Waals surface area contributed by atoms with E-state index in [1.165, 1.54) is 11.3 Å². The Morgan fingerprint density at radius 2 is 2.14 bits per heavy atom. The SMILES string of the molecule is O=C(O)c1cccc(Nc2nc(-c3cccnc3)cs2)c1. The van der Waals surface area contributed by atoms with Crippen LogP contribution in [0.3, 0.4) is 0 Å². The molecule has 2 heterocycles. The number of pyridine rings is 1. The van der Waals surface area contributed by atoms with Gasteiger partial charge >= 0.3 is 5.97 Å². The molecule has 2 N–H and O–H groups in total. The molecule has 3 aromatic rings. The first kappa shape index (κ1) is 13.3. The minimum absolute atomic E-state index is 0.240. The molecule has 0 spiro atoms. The van der Waals surface area contributed by atoms with Crippen molar-refractivity contribution in [3.8, 4) is 11.3 Å². The molecule has 1 aromatic carbocycles. The summed E-state index contributed by atoms with van der Waals surface area (Å²) >= 11 is 1.46. The number of aromatic nitrogens is 2. The van der Waals surface area contributed by atoms with Crippen molar-refractivity contribution in [2.24, 2.45) is 0 Å². The van der Waals surface area contributed by atoms with Gasteiger partial charge in [-0.05, 0) is 30.3 Å². The molecule has 104 valence electrons. The fourth-order valence-corrected chi connectivity index (χ4v) is 2.57. The Kier molecular flexibility index (Phi) is 3.61. The molecule has 0 amide bonds. The highest BCUT2D eigenvalue weighted by molar-refractivity contribution is 7.14. The third kappa shape index (κ3) is 3.06. The van der Waals surface area contributed by atoms with Gasteiger partial charge in [0.15, 0.2) is 5.13 Å². The van der Waals surface area contributed by atoms with Gasteiger partial charge in [-0.15, -0.1) is 11.3 Å². The number of hydrogen-bond acceptors (Lipinski definition) is 5. The number of carbonyl (C=O) groups is 1. The first-order valence-corrected chi connectivity index (χ1v) is 7.06. The molecule has 0 fully saturated rings. The highest BCUT2D eigenvalue weighted by Gasteiger charge is 2.07. The van der Waals surface area contributed by atoms with Gasteiger partial charge in [0, 0.05) is 29.0 Å². The molecule has 0 atom stereocenters. The number of nitrogens with one attached hydrogen (secondary N) is 1. The molecular weight excluding hydrogens is 286 g/mol. The predicted octanol–water partition coefficient (Wildman–Crippen LogP) is 3.65. The summed E-state index contributed by atoms with van der Waals surface area (Å²) in [5.74, 6) is -0.950. The number of nitrogens with zero attached hydrogens (tertiary/aromatic N) is 2. The molecule has 2 aromatic heterocycles. The highest BCUT2D eigenvalue weighted by atomic mass is 32.1. The summed E-state index contributed by atoms with van der Waals surface area (Å²) in [7, 11) is 0. The second-order valence-corrected chi connectivity index (χ2v) is 5.15. The summed E-state index contributed by atoms with van der Waals surface area (Å²) < 4.78 is 0. The van der Waals surface area contributed by atoms with Gasteiger partial charge in [0.1, 0.15) is 0 Å². The van der Waals surface area contributed by atoms with Crippen molar-refractivity contribution in [1.29, 1.82) is 0 Å². The summed E-state index contributed by atoms with van der Waals surface area (Å²) in [4.78, 5) is 19.5. The van der Waals surface area contributed by atoms with Gasteiger partial charge in [0.05, 0.1) is 11.3 Å². The monoisotopic (exact) mass is 297 g/mol. The third-order valence-corrected chi connectivity index (χ3v) is 3.58. The van der Waals surface area contributed by atoms with Crippen LogP contribution in [0.25, 0.3) is 11.3 Å². The molecule has 0 saturated heterocycles. The van der Waals surface area contributed by atoms with E-state index < -0.39 is 5.97 Å². The first-order chi connectivity index (χ1) is 10.2. The van der Waals surface area contributed by atoms with Gasteiger partial charge in [-0.25, -0.2) is 9.78 Å². The molecule has 21 heavy (non-hydrogen) atoms. The summed E-state index contributed by atoms with van der Waals surface area (Å²) in [5.41, 5.74) is 2.72. The summed E-state index contributed by atoms with van der Waals surface area (Å²) in [6.07, 6.45) is 3.47. The Balaban J connectivity index is 1.82. The Labute approximate surface area is 124 Å². The zero-order valence-corrected chi connectivity index (χ0v) is 11.7. The molecule has 5 nitrogen and oxygen atoms in total. The van der Waals surface area contributed by atoms with Crippen molar-refractivity contribution in [3.05, 3.63) is 59.7 Å². The maximum absolute atomic E-state index is 10.9. The van der Waals surface area contributed by atoms with Crippen molar-refractivity contribution < 1.29 is 9.90 Å². The molecule has 0 aliphatic carbocycles. The van der Waals surface area contributed by atoms with Gasteiger partial charge < -0.3 is 10.4 Å². The van der Waals surface area contributed by atoms with E-state index in [0.717, 1.165) is 11.3 Å². The minimum Gasteiger partial charge on any atom is -0.478 e. The van der Waals surface area contributed by atoms with Crippen LogP contribution in [0.15, 0.2) is 54.2 Å². The second-order valence-electron chi connectivity index (χ2n) is 4.29. The van der Waals surface area contributed by atoms with Crippen LogP contribution in [0.1, 0.15) is 10.4 Å². The third-order valence-electron chi connectivity index (χ3n) is 2.82. The fourth-order valence-electron chi connectivity index (χ4n) is 1.83. The zero-order valence-electron chi connectivity index (χ0n) is 10.9. The van der Waals surface area contributed by atoms with E-state index in [2.05, 4.69) is 15.3 Å². The normalized spacial score (nSPS) is 10.3. The van der Waals surface area contributed by atoms with Gasteiger partial charge in [0.25, 0.3) is 0 Å². The first-order valence-electron chi connectivity index (χ1n) is 6.19. The molecule has 0 aliphatic heterocycles. The van der Waals surface area contributed by atoms with E-state index in [0.29, 0.717) is 10.8 Å². The van der Waals surface area contributed by atoms with Crippen molar-refractivity contribution in [3.63, 3.8) is 0 Å². The fraction of sp³-hybridized carbons (Fsp3) is 0. The standard InChI is InChI=1S/C15H11N3O2S/c19-14(20)10-3-1-5-12(7-10)17-15-18-13(9-21-15)11-4-2-6-16-8-11/h1-9H,(H,17,18)(H,19,20). The Morgan fingerprint density at radius 1 is 1.24 bits per heavy atom. The molecule has 3 rings (SSSR count). The second kappa shape index (κ2) is 5.72. The summed E-state index contributed by atoms with van der Waals surface area (Å²) in [5, 5.41) is 14.7. The van der Waals surface area contributed by atoms with Crippen LogP contribution in [0.2, 0.25) is 0 Å². The van der Waals surface area contributed by atoms with Crippen LogP contribution in [0.4, 0.5) is 10.8 Å². The van der Waals surface area contributed by atoms with Crippen LogP contribution in [0, 0.1) is 0 Å². The van der Waals surface area contributed by atoms with E-state index in [9.17, 15) is 4.79 Å². The van der Waals surface area contributed by atoms with Crippen molar-refractivity contribution in [2.75, 3.05) is 5.32 Å². The highest BCUT2D eigenvalue weighted by Crippen LogP contribution is 2.26. The lowest BCUT2D eigenvalue weighted by atomic mass is 10.2. The van der Waals surface area contributed by atoms with Crippen LogP contribution in [-0.4, -0.2) is 21.0 Å². The Hall–Kier alpha value is -2.73. The number of benzene rings is 1. The topological polar surface area (TPSA) is 75.1 Å². The molecule has 0 saturated carbocycles. The number of hydrogen-bond donors (Lipinski definition) is 2. The van der Waals surface area contributed by atoms with Crippen LogP contribution >= 0.6 is 11.3 Å². The zero-order chi connectivity index (χ0) is 14.7. The number of aromatic carboxylic acids is 1.